The van der Waals surface area contributed by atoms with Crippen LogP contribution in [0.5, 0.6) is 0 Å². The summed E-state index contributed by atoms with van der Waals surface area (Å²) in [7, 11) is 0. The minimum absolute atomic E-state index is 0.0743. The van der Waals surface area contributed by atoms with Crippen LogP contribution < -0.4 is 0 Å². The van der Waals surface area contributed by atoms with Crippen LogP contribution in [0.25, 0.3) is 0 Å². The zero-order valence-electron chi connectivity index (χ0n) is 54.3. The van der Waals surface area contributed by atoms with Gasteiger partial charge in [-0.2, -0.15) is 0 Å². The fourth-order valence-electron chi connectivity index (χ4n) is 10.7. The van der Waals surface area contributed by atoms with Gasteiger partial charge >= 0.3 is 17.9 Å². The van der Waals surface area contributed by atoms with E-state index in [-0.39, 0.29) is 31.1 Å². The normalized spacial score (nSPS) is 12.4. The van der Waals surface area contributed by atoms with E-state index in [0.29, 0.717) is 19.3 Å². The van der Waals surface area contributed by atoms with Crippen molar-refractivity contribution >= 4 is 17.9 Å². The van der Waals surface area contributed by atoms with Crippen molar-refractivity contribution in [3.05, 3.63) is 60.8 Å². The average molecular weight is 1130 g/mol. The number of carbonyl (C=O) groups excluding carboxylic acids is 3. The number of hydrogen-bond acceptors (Lipinski definition) is 6. The highest BCUT2D eigenvalue weighted by Crippen LogP contribution is 2.18. The van der Waals surface area contributed by atoms with E-state index < -0.39 is 6.10 Å². The highest BCUT2D eigenvalue weighted by atomic mass is 16.6. The maximum atomic E-state index is 13.0. The smallest absolute Gasteiger partial charge is 0.306 e. The number of allylic oxidation sites excluding steroid dienone is 10. The molecule has 0 bridgehead atoms. The lowest BCUT2D eigenvalue weighted by atomic mass is 10.0. The fraction of sp³-hybridized carbons (Fsp3) is 0.827. The number of carbonyl (C=O) groups is 3. The summed E-state index contributed by atoms with van der Waals surface area (Å²) in [5.74, 6) is -0.862. The highest BCUT2D eigenvalue weighted by molar-refractivity contribution is 5.71. The maximum Gasteiger partial charge on any atom is 0.306 e. The quantitative estimate of drug-likeness (QED) is 0.0261. The standard InChI is InChI=1S/C75H136O6/c1-4-7-10-13-16-19-22-25-28-30-32-34-36-37-39-40-42-44-47-50-53-56-59-62-65-68-74(77)80-71-72(70-79-73(76)67-64-61-58-55-52-49-46-27-24-21-18-15-12-9-6-3)81-75(78)69-66-63-60-57-54-51-48-45-43-41-38-35-33-31-29-26-23-20-17-14-11-8-5-2/h8,11,17,20,26-27,29,33,35,46,72H,4-7,9-10,12-16,18-19,21-25,28,30-32,34,36-45,47-71H2,1-3H3/b11-8-,20-17-,29-26-,35-33-,46-27-. The molecule has 0 aromatic heterocycles. The minimum atomic E-state index is -0.780. The van der Waals surface area contributed by atoms with Crippen LogP contribution in [0.3, 0.4) is 0 Å². The van der Waals surface area contributed by atoms with Gasteiger partial charge in [-0.3, -0.25) is 14.4 Å². The Bertz CT molecular complexity index is 1440. The van der Waals surface area contributed by atoms with E-state index in [1.807, 2.05) is 0 Å². The SMILES string of the molecule is CC/C=C\C/C=C\C/C=C\C/C=C\CCCCCCCCCCCCC(=O)OC(COC(=O)CCCCCCC/C=C\CCCCCCCC)COC(=O)CCCCCCCCCCCCCCCCCCCCCCCCCCC. The highest BCUT2D eigenvalue weighted by Gasteiger charge is 2.19. The maximum absolute atomic E-state index is 13.0. The van der Waals surface area contributed by atoms with E-state index in [4.69, 9.17) is 14.2 Å². The van der Waals surface area contributed by atoms with Crippen LogP contribution in [0.15, 0.2) is 60.8 Å². The molecule has 1 unspecified atom stereocenters. The van der Waals surface area contributed by atoms with E-state index >= 15 is 0 Å². The van der Waals surface area contributed by atoms with Crippen LogP contribution >= 0.6 is 0 Å². The van der Waals surface area contributed by atoms with E-state index in [1.165, 1.54) is 250 Å². The van der Waals surface area contributed by atoms with Crippen LogP contribution in [0, 0.1) is 0 Å². The van der Waals surface area contributed by atoms with Gasteiger partial charge in [0, 0.05) is 19.3 Å². The molecule has 0 aromatic carbocycles. The first-order chi connectivity index (χ1) is 40.0. The van der Waals surface area contributed by atoms with Crippen LogP contribution in [0.4, 0.5) is 0 Å². The number of unbranched alkanes of at least 4 members (excludes halogenated alkanes) is 45. The Morgan fingerprint density at radius 2 is 0.481 bits per heavy atom. The number of ether oxygens (including phenoxy) is 3. The zero-order chi connectivity index (χ0) is 58.5. The van der Waals surface area contributed by atoms with Crippen molar-refractivity contribution in [3.63, 3.8) is 0 Å². The lowest BCUT2D eigenvalue weighted by Gasteiger charge is -2.18. The van der Waals surface area contributed by atoms with Gasteiger partial charge in [-0.15, -0.1) is 0 Å². The Balaban J connectivity index is 4.29. The summed E-state index contributed by atoms with van der Waals surface area (Å²) in [5.41, 5.74) is 0. The van der Waals surface area contributed by atoms with Crippen molar-refractivity contribution in [2.24, 2.45) is 0 Å². The van der Waals surface area contributed by atoms with Crippen molar-refractivity contribution in [1.29, 1.82) is 0 Å². The molecule has 6 nitrogen and oxygen atoms in total. The summed E-state index contributed by atoms with van der Waals surface area (Å²) < 4.78 is 17.0. The molecule has 0 rings (SSSR count). The lowest BCUT2D eigenvalue weighted by molar-refractivity contribution is -0.167. The second-order valence-corrected chi connectivity index (χ2v) is 24.1. The van der Waals surface area contributed by atoms with Crippen molar-refractivity contribution in [3.8, 4) is 0 Å². The van der Waals surface area contributed by atoms with Gasteiger partial charge in [-0.1, -0.05) is 338 Å². The number of rotatable bonds is 66. The Labute approximate surface area is 504 Å². The van der Waals surface area contributed by atoms with Gasteiger partial charge in [-0.25, -0.2) is 0 Å². The molecule has 0 amide bonds. The largest absolute Gasteiger partial charge is 0.462 e. The van der Waals surface area contributed by atoms with Crippen LogP contribution in [-0.2, 0) is 28.6 Å². The molecule has 0 aromatic rings. The molecule has 81 heavy (non-hydrogen) atoms. The summed E-state index contributed by atoms with van der Waals surface area (Å²) in [6.07, 6.45) is 89.6. The van der Waals surface area contributed by atoms with Gasteiger partial charge in [0.1, 0.15) is 13.2 Å². The molecule has 0 aliphatic rings. The van der Waals surface area contributed by atoms with Crippen LogP contribution in [-0.4, -0.2) is 37.2 Å². The molecule has 0 saturated heterocycles. The van der Waals surface area contributed by atoms with Crippen molar-refractivity contribution in [2.75, 3.05) is 13.2 Å². The van der Waals surface area contributed by atoms with Gasteiger partial charge in [0.05, 0.1) is 0 Å². The van der Waals surface area contributed by atoms with Crippen molar-refractivity contribution < 1.29 is 28.6 Å². The summed E-state index contributed by atoms with van der Waals surface area (Å²) in [6.45, 7) is 6.58. The predicted octanol–water partition coefficient (Wildman–Crippen LogP) is 24.7. The molecule has 1 atom stereocenters. The first kappa shape index (κ1) is 78.1. The Morgan fingerprint density at radius 3 is 0.765 bits per heavy atom. The number of esters is 3. The van der Waals surface area contributed by atoms with E-state index in [9.17, 15) is 14.4 Å². The first-order valence-electron chi connectivity index (χ1n) is 35.8. The fourth-order valence-corrected chi connectivity index (χ4v) is 10.7. The molecule has 0 heterocycles. The molecule has 0 spiro atoms. The molecule has 0 aliphatic heterocycles. The molecular formula is C75H136O6. The minimum Gasteiger partial charge on any atom is -0.462 e. The second-order valence-electron chi connectivity index (χ2n) is 24.1. The summed E-state index contributed by atoms with van der Waals surface area (Å²) in [4.78, 5) is 38.5. The predicted molar refractivity (Wildman–Crippen MR) is 353 cm³/mol. The van der Waals surface area contributed by atoms with E-state index in [0.717, 1.165) is 89.9 Å². The van der Waals surface area contributed by atoms with E-state index in [2.05, 4.69) is 81.5 Å². The average Bonchev–Trinajstić information content (AvgIpc) is 3.47. The molecular weight excluding hydrogens is 997 g/mol. The van der Waals surface area contributed by atoms with E-state index in [1.54, 1.807) is 0 Å². The molecule has 472 valence electrons. The van der Waals surface area contributed by atoms with Gasteiger partial charge in [-0.05, 0) is 83.5 Å². The van der Waals surface area contributed by atoms with Gasteiger partial charge in [0.2, 0.25) is 0 Å². The van der Waals surface area contributed by atoms with Crippen LogP contribution in [0.2, 0.25) is 0 Å². The Morgan fingerprint density at radius 1 is 0.259 bits per heavy atom. The Hall–Kier alpha value is -2.89. The lowest BCUT2D eigenvalue weighted by Crippen LogP contribution is -2.30. The molecule has 0 radical (unpaired) electrons. The zero-order valence-corrected chi connectivity index (χ0v) is 54.3. The molecule has 6 heteroatoms. The van der Waals surface area contributed by atoms with Gasteiger partial charge in [0.25, 0.3) is 0 Å². The van der Waals surface area contributed by atoms with Crippen molar-refractivity contribution in [2.45, 2.75) is 386 Å². The third-order valence-electron chi connectivity index (χ3n) is 16.0. The molecule has 0 fully saturated rings. The third-order valence-corrected chi connectivity index (χ3v) is 16.0. The second kappa shape index (κ2) is 69.6. The Kier molecular flexibility index (Phi) is 67.1. The topological polar surface area (TPSA) is 78.9 Å². The van der Waals surface area contributed by atoms with Gasteiger partial charge in [0.15, 0.2) is 6.10 Å². The summed E-state index contributed by atoms with van der Waals surface area (Å²) >= 11 is 0. The monoisotopic (exact) mass is 1130 g/mol. The van der Waals surface area contributed by atoms with Crippen LogP contribution in [0.1, 0.15) is 380 Å². The van der Waals surface area contributed by atoms with Crippen molar-refractivity contribution in [1.82, 2.24) is 0 Å². The molecule has 0 saturated carbocycles. The first-order valence-corrected chi connectivity index (χ1v) is 35.8. The summed E-state index contributed by atoms with van der Waals surface area (Å²) in [6, 6.07) is 0. The van der Waals surface area contributed by atoms with Gasteiger partial charge < -0.3 is 14.2 Å². The third kappa shape index (κ3) is 67.8. The number of hydrogen-bond donors (Lipinski definition) is 0. The molecule has 0 N–H and O–H groups in total. The molecule has 0 aliphatic carbocycles. The summed E-state index contributed by atoms with van der Waals surface area (Å²) in [5, 5.41) is 0.